The second-order valence-electron chi connectivity index (χ2n) is 4.40. The fourth-order valence-electron chi connectivity index (χ4n) is 2.08. The normalized spacial score (nSPS) is 21.6. The van der Waals surface area contributed by atoms with Crippen LogP contribution in [-0.4, -0.2) is 13.1 Å². The number of hydrogen-bond donors (Lipinski definition) is 1. The SMILES string of the molecule is Cc1ccc(N)c(N2CCC(C)C2)c1. The van der Waals surface area contributed by atoms with Gasteiger partial charge in [0.1, 0.15) is 0 Å². The fraction of sp³-hybridized carbons (Fsp3) is 0.500. The summed E-state index contributed by atoms with van der Waals surface area (Å²) >= 11 is 0. The minimum Gasteiger partial charge on any atom is -0.397 e. The molecule has 0 aliphatic carbocycles. The highest BCUT2D eigenvalue weighted by Crippen LogP contribution is 2.29. The molecular weight excluding hydrogens is 172 g/mol. The Labute approximate surface area is 85.7 Å². The molecule has 1 aliphatic heterocycles. The van der Waals surface area contributed by atoms with Crippen molar-refractivity contribution in [2.75, 3.05) is 23.7 Å². The molecule has 2 N–H and O–H groups in total. The lowest BCUT2D eigenvalue weighted by molar-refractivity contribution is 0.659. The van der Waals surface area contributed by atoms with Gasteiger partial charge in [0.2, 0.25) is 0 Å². The molecule has 2 heteroatoms. The van der Waals surface area contributed by atoms with Crippen LogP contribution in [0.2, 0.25) is 0 Å². The van der Waals surface area contributed by atoms with Crippen molar-refractivity contribution in [3.8, 4) is 0 Å². The molecule has 0 aromatic heterocycles. The van der Waals surface area contributed by atoms with E-state index in [1.54, 1.807) is 0 Å². The van der Waals surface area contributed by atoms with Gasteiger partial charge in [0.05, 0.1) is 11.4 Å². The maximum Gasteiger partial charge on any atom is 0.0602 e. The Hall–Kier alpha value is -1.18. The number of rotatable bonds is 1. The molecule has 0 bridgehead atoms. The van der Waals surface area contributed by atoms with Crippen molar-refractivity contribution in [3.63, 3.8) is 0 Å². The molecule has 1 aromatic carbocycles. The lowest BCUT2D eigenvalue weighted by Gasteiger charge is -2.20. The van der Waals surface area contributed by atoms with E-state index >= 15 is 0 Å². The number of aryl methyl sites for hydroxylation is 1. The number of nitrogens with zero attached hydrogens (tertiary/aromatic N) is 1. The monoisotopic (exact) mass is 190 g/mol. The van der Waals surface area contributed by atoms with Gasteiger partial charge in [-0.25, -0.2) is 0 Å². The molecule has 2 nitrogen and oxygen atoms in total. The topological polar surface area (TPSA) is 29.3 Å². The molecule has 1 heterocycles. The molecule has 0 radical (unpaired) electrons. The van der Waals surface area contributed by atoms with Gasteiger partial charge in [-0.15, -0.1) is 0 Å². The van der Waals surface area contributed by atoms with Gasteiger partial charge in [0.15, 0.2) is 0 Å². The van der Waals surface area contributed by atoms with E-state index in [-0.39, 0.29) is 0 Å². The minimum absolute atomic E-state index is 0.801. The van der Waals surface area contributed by atoms with E-state index in [2.05, 4.69) is 30.9 Å². The third-order valence-electron chi connectivity index (χ3n) is 2.95. The molecule has 1 saturated heterocycles. The smallest absolute Gasteiger partial charge is 0.0602 e. The number of anilines is 2. The van der Waals surface area contributed by atoms with Crippen molar-refractivity contribution in [1.29, 1.82) is 0 Å². The average molecular weight is 190 g/mol. The zero-order valence-corrected chi connectivity index (χ0v) is 8.96. The van der Waals surface area contributed by atoms with Crippen molar-refractivity contribution in [1.82, 2.24) is 0 Å². The second kappa shape index (κ2) is 3.52. The first kappa shape index (κ1) is 9.38. The molecule has 0 saturated carbocycles. The van der Waals surface area contributed by atoms with E-state index in [1.807, 2.05) is 6.07 Å². The van der Waals surface area contributed by atoms with Crippen LogP contribution < -0.4 is 10.6 Å². The van der Waals surface area contributed by atoms with Crippen molar-refractivity contribution < 1.29 is 0 Å². The van der Waals surface area contributed by atoms with E-state index < -0.39 is 0 Å². The second-order valence-corrected chi connectivity index (χ2v) is 4.40. The predicted molar refractivity (Wildman–Crippen MR) is 61.6 cm³/mol. The first-order chi connectivity index (χ1) is 6.66. The van der Waals surface area contributed by atoms with Gasteiger partial charge < -0.3 is 10.6 Å². The van der Waals surface area contributed by atoms with Gasteiger partial charge in [0, 0.05) is 13.1 Å². The van der Waals surface area contributed by atoms with E-state index in [9.17, 15) is 0 Å². The van der Waals surface area contributed by atoms with Gasteiger partial charge >= 0.3 is 0 Å². The van der Waals surface area contributed by atoms with Crippen LogP contribution in [0.1, 0.15) is 18.9 Å². The van der Waals surface area contributed by atoms with Crippen LogP contribution >= 0.6 is 0 Å². The zero-order chi connectivity index (χ0) is 10.1. The molecule has 0 amide bonds. The summed E-state index contributed by atoms with van der Waals surface area (Å²) in [5, 5.41) is 0. The van der Waals surface area contributed by atoms with Crippen LogP contribution in [0.25, 0.3) is 0 Å². The molecular formula is C12H18N2. The number of nitrogen functional groups attached to an aromatic ring is 1. The third kappa shape index (κ3) is 1.69. The highest BCUT2D eigenvalue weighted by molar-refractivity contribution is 5.68. The lowest BCUT2D eigenvalue weighted by Crippen LogP contribution is -2.20. The molecule has 2 rings (SSSR count). The van der Waals surface area contributed by atoms with E-state index in [4.69, 9.17) is 5.73 Å². The summed E-state index contributed by atoms with van der Waals surface area (Å²) < 4.78 is 0. The van der Waals surface area contributed by atoms with Crippen LogP contribution in [0, 0.1) is 12.8 Å². The first-order valence-electron chi connectivity index (χ1n) is 5.28. The Balaban J connectivity index is 2.27. The Morgan fingerprint density at radius 1 is 1.43 bits per heavy atom. The predicted octanol–water partition coefficient (Wildman–Crippen LogP) is 2.42. The fourth-order valence-corrected chi connectivity index (χ4v) is 2.08. The standard InChI is InChI=1S/C12H18N2/c1-9-3-4-11(13)12(7-9)14-6-5-10(2)8-14/h3-4,7,10H,5-6,8,13H2,1-2H3. The van der Waals surface area contributed by atoms with Crippen molar-refractivity contribution in [2.45, 2.75) is 20.3 Å². The summed E-state index contributed by atoms with van der Waals surface area (Å²) in [6.07, 6.45) is 1.29. The summed E-state index contributed by atoms with van der Waals surface area (Å²) in [4.78, 5) is 2.40. The molecule has 1 unspecified atom stereocenters. The Bertz CT molecular complexity index is 333. The lowest BCUT2D eigenvalue weighted by atomic mass is 10.1. The zero-order valence-electron chi connectivity index (χ0n) is 8.96. The maximum absolute atomic E-state index is 5.97. The summed E-state index contributed by atoms with van der Waals surface area (Å²) in [6.45, 7) is 6.71. The molecule has 14 heavy (non-hydrogen) atoms. The number of nitrogens with two attached hydrogens (primary N) is 1. The van der Waals surface area contributed by atoms with Crippen LogP contribution in [-0.2, 0) is 0 Å². The maximum atomic E-state index is 5.97. The quantitative estimate of drug-likeness (QED) is 0.689. The van der Waals surface area contributed by atoms with Gasteiger partial charge in [-0.3, -0.25) is 0 Å². The van der Waals surface area contributed by atoms with Gasteiger partial charge in [-0.2, -0.15) is 0 Å². The molecule has 1 aromatic rings. The summed E-state index contributed by atoms with van der Waals surface area (Å²) in [6, 6.07) is 6.26. The third-order valence-corrected chi connectivity index (χ3v) is 2.95. The summed E-state index contributed by atoms with van der Waals surface area (Å²) in [5.74, 6) is 0.801. The highest BCUT2D eigenvalue weighted by atomic mass is 15.2. The van der Waals surface area contributed by atoms with Crippen LogP contribution in [0.3, 0.4) is 0 Å². The largest absolute Gasteiger partial charge is 0.397 e. The Kier molecular flexibility index (Phi) is 2.36. The van der Waals surface area contributed by atoms with E-state index in [0.717, 1.165) is 24.7 Å². The van der Waals surface area contributed by atoms with Crippen LogP contribution in [0.15, 0.2) is 18.2 Å². The molecule has 1 fully saturated rings. The highest BCUT2D eigenvalue weighted by Gasteiger charge is 2.20. The number of benzene rings is 1. The van der Waals surface area contributed by atoms with Crippen LogP contribution in [0.4, 0.5) is 11.4 Å². The average Bonchev–Trinajstić information content (AvgIpc) is 2.56. The molecule has 1 aliphatic rings. The van der Waals surface area contributed by atoms with Gasteiger partial charge in [-0.1, -0.05) is 13.0 Å². The molecule has 76 valence electrons. The van der Waals surface area contributed by atoms with Crippen molar-refractivity contribution in [2.24, 2.45) is 5.92 Å². The van der Waals surface area contributed by atoms with E-state index in [1.165, 1.54) is 17.7 Å². The number of hydrogen-bond acceptors (Lipinski definition) is 2. The molecule has 0 spiro atoms. The summed E-state index contributed by atoms with van der Waals surface area (Å²) in [7, 11) is 0. The Morgan fingerprint density at radius 3 is 2.86 bits per heavy atom. The Morgan fingerprint density at radius 2 is 2.21 bits per heavy atom. The van der Waals surface area contributed by atoms with Crippen LogP contribution in [0.5, 0.6) is 0 Å². The minimum atomic E-state index is 0.801. The van der Waals surface area contributed by atoms with E-state index in [0.29, 0.717) is 0 Å². The van der Waals surface area contributed by atoms with Crippen molar-refractivity contribution >= 4 is 11.4 Å². The molecule has 1 atom stereocenters. The van der Waals surface area contributed by atoms with Gasteiger partial charge in [0.25, 0.3) is 0 Å². The summed E-state index contributed by atoms with van der Waals surface area (Å²) in [5.41, 5.74) is 9.38. The first-order valence-corrected chi connectivity index (χ1v) is 5.28. The van der Waals surface area contributed by atoms with Gasteiger partial charge in [-0.05, 0) is 37.0 Å². The van der Waals surface area contributed by atoms with Crippen molar-refractivity contribution in [3.05, 3.63) is 23.8 Å².